The molecular formula is C17H19Cl2N3O3S. The summed E-state index contributed by atoms with van der Waals surface area (Å²) in [5.74, 6) is -0.0838. The van der Waals surface area contributed by atoms with Gasteiger partial charge in [0, 0.05) is 23.1 Å². The van der Waals surface area contributed by atoms with Gasteiger partial charge in [0.15, 0.2) is 0 Å². The Labute approximate surface area is 162 Å². The van der Waals surface area contributed by atoms with Crippen LogP contribution < -0.4 is 15.4 Å². The van der Waals surface area contributed by atoms with Crippen LogP contribution in [0.2, 0.25) is 10.0 Å². The van der Waals surface area contributed by atoms with Crippen LogP contribution in [0.1, 0.15) is 16.7 Å². The first kappa shape index (κ1) is 20.5. The number of carbonyl (C=O) groups is 1. The van der Waals surface area contributed by atoms with E-state index < -0.39 is 10.0 Å². The van der Waals surface area contributed by atoms with Gasteiger partial charge in [-0.1, -0.05) is 53.5 Å². The minimum absolute atomic E-state index is 0.0838. The third-order valence-corrected chi connectivity index (χ3v) is 5.52. The Balaban J connectivity index is 1.81. The summed E-state index contributed by atoms with van der Waals surface area (Å²) in [6.07, 6.45) is 0. The molecule has 26 heavy (non-hydrogen) atoms. The van der Waals surface area contributed by atoms with Crippen LogP contribution in [0.3, 0.4) is 0 Å². The smallest absolute Gasteiger partial charge is 0.315 e. The lowest BCUT2D eigenvalue weighted by molar-refractivity contribution is 0.240. The molecule has 0 aliphatic heterocycles. The molecule has 6 nitrogen and oxygen atoms in total. The second-order valence-corrected chi connectivity index (χ2v) is 8.32. The molecular weight excluding hydrogens is 397 g/mol. The molecule has 3 N–H and O–H groups in total. The normalized spacial score (nSPS) is 11.2. The summed E-state index contributed by atoms with van der Waals surface area (Å²) in [6, 6.07) is 11.7. The lowest BCUT2D eigenvalue weighted by Gasteiger charge is -2.10. The van der Waals surface area contributed by atoms with Gasteiger partial charge in [0.05, 0.1) is 5.75 Å². The highest BCUT2D eigenvalue weighted by Gasteiger charge is 2.08. The minimum Gasteiger partial charge on any atom is -0.334 e. The van der Waals surface area contributed by atoms with Crippen molar-refractivity contribution in [3.63, 3.8) is 0 Å². The number of nitrogens with one attached hydrogen (secondary N) is 3. The van der Waals surface area contributed by atoms with Crippen molar-refractivity contribution in [2.45, 2.75) is 18.8 Å². The average Bonchev–Trinajstić information content (AvgIpc) is 2.60. The Bertz CT molecular complexity index is 871. The van der Waals surface area contributed by atoms with Crippen LogP contribution in [-0.4, -0.2) is 21.5 Å². The predicted molar refractivity (Wildman–Crippen MR) is 104 cm³/mol. The molecule has 9 heteroatoms. The molecule has 0 aromatic heterocycles. The molecule has 0 radical (unpaired) electrons. The van der Waals surface area contributed by atoms with Crippen LogP contribution in [0, 0.1) is 0 Å². The van der Waals surface area contributed by atoms with Crippen molar-refractivity contribution in [3.8, 4) is 0 Å². The summed E-state index contributed by atoms with van der Waals surface area (Å²) in [5.41, 5.74) is 2.29. The molecule has 0 bridgehead atoms. The number of hydrogen-bond donors (Lipinski definition) is 3. The fraction of sp³-hybridized carbons (Fsp3) is 0.235. The molecule has 0 fully saturated rings. The van der Waals surface area contributed by atoms with Gasteiger partial charge >= 0.3 is 6.03 Å². The van der Waals surface area contributed by atoms with Crippen LogP contribution in [0.5, 0.6) is 0 Å². The molecule has 0 saturated carbocycles. The molecule has 0 atom stereocenters. The first-order valence-electron chi connectivity index (χ1n) is 7.74. The van der Waals surface area contributed by atoms with Gasteiger partial charge < -0.3 is 10.6 Å². The zero-order valence-corrected chi connectivity index (χ0v) is 16.4. The van der Waals surface area contributed by atoms with E-state index in [1.54, 1.807) is 42.5 Å². The second kappa shape index (κ2) is 9.23. The Kier molecular flexibility index (Phi) is 7.28. The van der Waals surface area contributed by atoms with Gasteiger partial charge in [0.2, 0.25) is 10.0 Å². The highest BCUT2D eigenvalue weighted by molar-refractivity contribution is 7.88. The highest BCUT2D eigenvalue weighted by Crippen LogP contribution is 2.20. The summed E-state index contributed by atoms with van der Waals surface area (Å²) < 4.78 is 25.3. The van der Waals surface area contributed by atoms with Gasteiger partial charge in [-0.15, -0.1) is 0 Å². The Morgan fingerprint density at radius 1 is 0.962 bits per heavy atom. The van der Waals surface area contributed by atoms with Gasteiger partial charge in [0.25, 0.3) is 0 Å². The van der Waals surface area contributed by atoms with E-state index in [-0.39, 0.29) is 18.3 Å². The van der Waals surface area contributed by atoms with Crippen molar-refractivity contribution < 1.29 is 13.2 Å². The molecule has 140 valence electrons. The standard InChI is InChI=1S/C17H19Cl2N3O3S/c1-20-26(24,25)11-13-4-2-12(3-5-13)9-21-17(23)22-10-14-6-7-15(18)8-16(14)19/h2-8,20H,9-11H2,1H3,(H2,21,22,23). The molecule has 0 aliphatic carbocycles. The van der Waals surface area contributed by atoms with Crippen molar-refractivity contribution in [1.82, 2.24) is 15.4 Å². The van der Waals surface area contributed by atoms with E-state index in [2.05, 4.69) is 15.4 Å². The molecule has 0 unspecified atom stereocenters. The van der Waals surface area contributed by atoms with Crippen molar-refractivity contribution in [1.29, 1.82) is 0 Å². The SMILES string of the molecule is CNS(=O)(=O)Cc1ccc(CNC(=O)NCc2ccc(Cl)cc2Cl)cc1. The zero-order valence-electron chi connectivity index (χ0n) is 14.1. The van der Waals surface area contributed by atoms with Crippen LogP contribution in [0.15, 0.2) is 42.5 Å². The van der Waals surface area contributed by atoms with E-state index in [9.17, 15) is 13.2 Å². The van der Waals surface area contributed by atoms with Gasteiger partial charge in [0.1, 0.15) is 0 Å². The topological polar surface area (TPSA) is 87.3 Å². The average molecular weight is 416 g/mol. The van der Waals surface area contributed by atoms with Crippen LogP contribution in [-0.2, 0) is 28.9 Å². The van der Waals surface area contributed by atoms with E-state index in [0.717, 1.165) is 11.1 Å². The lowest BCUT2D eigenvalue weighted by Crippen LogP contribution is -2.34. The number of amides is 2. The molecule has 2 rings (SSSR count). The van der Waals surface area contributed by atoms with Crippen molar-refractivity contribution in [2.75, 3.05) is 7.05 Å². The van der Waals surface area contributed by atoms with Crippen molar-refractivity contribution in [2.24, 2.45) is 0 Å². The van der Waals surface area contributed by atoms with Gasteiger partial charge in [-0.2, -0.15) is 0 Å². The number of hydrogen-bond acceptors (Lipinski definition) is 3. The summed E-state index contributed by atoms with van der Waals surface area (Å²) in [4.78, 5) is 11.9. The van der Waals surface area contributed by atoms with E-state index in [1.165, 1.54) is 7.05 Å². The molecule has 0 saturated heterocycles. The first-order chi connectivity index (χ1) is 12.3. The largest absolute Gasteiger partial charge is 0.334 e. The number of sulfonamides is 1. The van der Waals surface area contributed by atoms with Crippen LogP contribution >= 0.6 is 23.2 Å². The molecule has 0 aliphatic rings. The van der Waals surface area contributed by atoms with Gasteiger partial charge in [-0.05, 0) is 35.9 Å². The number of urea groups is 1. The van der Waals surface area contributed by atoms with E-state index in [0.29, 0.717) is 22.2 Å². The van der Waals surface area contributed by atoms with E-state index in [4.69, 9.17) is 23.2 Å². The summed E-state index contributed by atoms with van der Waals surface area (Å²) in [6.45, 7) is 0.599. The molecule has 0 spiro atoms. The van der Waals surface area contributed by atoms with E-state index in [1.807, 2.05) is 0 Å². The molecule has 0 heterocycles. The summed E-state index contributed by atoms with van der Waals surface area (Å²) in [7, 11) is -1.92. The Morgan fingerprint density at radius 3 is 2.19 bits per heavy atom. The lowest BCUT2D eigenvalue weighted by atomic mass is 10.1. The quantitative estimate of drug-likeness (QED) is 0.649. The molecule has 2 aromatic carbocycles. The third kappa shape index (κ3) is 6.49. The molecule has 2 aromatic rings. The van der Waals surface area contributed by atoms with Gasteiger partial charge in [-0.25, -0.2) is 17.9 Å². The third-order valence-electron chi connectivity index (χ3n) is 3.60. The Morgan fingerprint density at radius 2 is 1.58 bits per heavy atom. The van der Waals surface area contributed by atoms with Crippen molar-refractivity contribution in [3.05, 3.63) is 69.2 Å². The number of rotatable bonds is 7. The van der Waals surface area contributed by atoms with Crippen LogP contribution in [0.4, 0.5) is 4.79 Å². The predicted octanol–water partition coefficient (Wildman–Crippen LogP) is 3.04. The summed E-state index contributed by atoms with van der Waals surface area (Å²) >= 11 is 11.9. The maximum atomic E-state index is 11.9. The zero-order chi connectivity index (χ0) is 19.2. The Hall–Kier alpha value is -1.80. The second-order valence-electron chi connectivity index (χ2n) is 5.55. The molecule has 2 amide bonds. The first-order valence-corrected chi connectivity index (χ1v) is 10.1. The maximum Gasteiger partial charge on any atom is 0.315 e. The fourth-order valence-electron chi connectivity index (χ4n) is 2.13. The van der Waals surface area contributed by atoms with Gasteiger partial charge in [-0.3, -0.25) is 0 Å². The fourth-order valence-corrected chi connectivity index (χ4v) is 3.38. The summed E-state index contributed by atoms with van der Waals surface area (Å²) in [5, 5.41) is 6.47. The monoisotopic (exact) mass is 415 g/mol. The maximum absolute atomic E-state index is 11.9. The number of benzene rings is 2. The van der Waals surface area contributed by atoms with Crippen LogP contribution in [0.25, 0.3) is 0 Å². The number of carbonyl (C=O) groups excluding carboxylic acids is 1. The number of halogens is 2. The highest BCUT2D eigenvalue weighted by atomic mass is 35.5. The van der Waals surface area contributed by atoms with Crippen molar-refractivity contribution >= 4 is 39.3 Å². The minimum atomic E-state index is -3.30. The van der Waals surface area contributed by atoms with E-state index >= 15 is 0 Å².